The van der Waals surface area contributed by atoms with Gasteiger partial charge in [0.15, 0.2) is 0 Å². The van der Waals surface area contributed by atoms with Gasteiger partial charge in [-0.3, -0.25) is 20.2 Å². The summed E-state index contributed by atoms with van der Waals surface area (Å²) in [5, 5.41) is 24.1. The molecule has 4 rings (SSSR count). The minimum Gasteiger partial charge on any atom is -0.481 e. The van der Waals surface area contributed by atoms with Gasteiger partial charge in [0.1, 0.15) is 5.82 Å². The molecule has 28 heavy (non-hydrogen) atoms. The molecule has 0 saturated carbocycles. The minimum atomic E-state index is -0.921. The summed E-state index contributed by atoms with van der Waals surface area (Å²) in [6.45, 7) is 0. The van der Waals surface area contributed by atoms with Gasteiger partial charge in [-0.15, -0.1) is 0 Å². The monoisotopic (exact) mass is 386 g/mol. The maximum absolute atomic E-state index is 13.6. The van der Waals surface area contributed by atoms with Crippen LogP contribution in [-0.2, 0) is 4.79 Å². The van der Waals surface area contributed by atoms with Gasteiger partial charge in [0.25, 0.3) is 5.69 Å². The fraction of sp³-hybridized carbons (Fsp3) is 0.316. The Morgan fingerprint density at radius 2 is 1.89 bits per heavy atom. The Bertz CT molecular complexity index is 907. The van der Waals surface area contributed by atoms with Crippen LogP contribution in [0.1, 0.15) is 29.6 Å². The van der Waals surface area contributed by atoms with Crippen LogP contribution in [0.3, 0.4) is 0 Å². The number of nitrogens with zero attached hydrogens (tertiary/aromatic N) is 1. The number of piperidine rings is 1. The predicted molar refractivity (Wildman–Crippen MR) is 97.4 cm³/mol. The van der Waals surface area contributed by atoms with Crippen LogP contribution < -0.4 is 16.2 Å². The molecule has 0 aliphatic carbocycles. The number of nitro groups is 1. The lowest BCUT2D eigenvalue weighted by Gasteiger charge is -2.39. The van der Waals surface area contributed by atoms with Crippen molar-refractivity contribution in [1.29, 1.82) is 0 Å². The largest absolute Gasteiger partial charge is 0.481 e. The van der Waals surface area contributed by atoms with E-state index in [1.54, 1.807) is 24.3 Å². The zero-order valence-electron chi connectivity index (χ0n) is 14.7. The smallest absolute Gasteiger partial charge is 0.307 e. The highest BCUT2D eigenvalue weighted by Crippen LogP contribution is 2.42. The number of fused-ring (bicyclic) bond motifs is 1. The molecule has 146 valence electrons. The van der Waals surface area contributed by atoms with Crippen molar-refractivity contribution in [1.82, 2.24) is 16.2 Å². The molecule has 9 heteroatoms. The number of benzene rings is 2. The topological polar surface area (TPSA) is 117 Å². The van der Waals surface area contributed by atoms with Crippen molar-refractivity contribution in [3.05, 3.63) is 75.6 Å². The van der Waals surface area contributed by atoms with E-state index in [1.807, 2.05) is 0 Å². The minimum absolute atomic E-state index is 0.0195. The lowest BCUT2D eigenvalue weighted by atomic mass is 9.75. The van der Waals surface area contributed by atoms with Crippen LogP contribution in [0.25, 0.3) is 0 Å². The van der Waals surface area contributed by atoms with Crippen molar-refractivity contribution in [3.63, 3.8) is 0 Å². The van der Waals surface area contributed by atoms with E-state index >= 15 is 0 Å². The maximum Gasteiger partial charge on any atom is 0.307 e. The first kappa shape index (κ1) is 18.5. The second kappa shape index (κ2) is 7.27. The molecule has 0 radical (unpaired) electrons. The van der Waals surface area contributed by atoms with Gasteiger partial charge < -0.3 is 5.11 Å². The normalized spacial score (nSPS) is 29.2. The molecule has 0 bridgehead atoms. The van der Waals surface area contributed by atoms with Gasteiger partial charge in [-0.05, 0) is 29.7 Å². The Hall–Kier alpha value is -2.88. The average Bonchev–Trinajstić information content (AvgIpc) is 3.11. The number of rotatable bonds is 4. The van der Waals surface area contributed by atoms with E-state index in [0.717, 1.165) is 5.56 Å². The number of carbonyl (C=O) groups is 1. The van der Waals surface area contributed by atoms with Gasteiger partial charge in [0, 0.05) is 24.1 Å². The molecule has 2 aromatic carbocycles. The molecule has 0 amide bonds. The summed E-state index contributed by atoms with van der Waals surface area (Å²) in [7, 11) is 0. The van der Waals surface area contributed by atoms with Crippen molar-refractivity contribution in [2.75, 3.05) is 0 Å². The van der Waals surface area contributed by atoms with Crippen LogP contribution in [-0.4, -0.2) is 22.2 Å². The second-order valence-corrected chi connectivity index (χ2v) is 7.12. The standard InChI is InChI=1S/C19H19FN4O4/c20-12-3-1-2-11(8-12)15-9-14(19(25)26)16-17(22-23-18(16)21-15)10-4-6-13(7-5-10)24(27)28/h1-8,14-18,21-23H,9H2,(H,25,26). The molecule has 2 aromatic rings. The molecule has 2 aliphatic heterocycles. The number of aliphatic carboxylic acids is 1. The number of nitro benzene ring substituents is 1. The highest BCUT2D eigenvalue weighted by atomic mass is 19.1. The molecule has 5 atom stereocenters. The number of hydrogen-bond donors (Lipinski definition) is 4. The van der Waals surface area contributed by atoms with E-state index in [2.05, 4.69) is 16.2 Å². The summed E-state index contributed by atoms with van der Waals surface area (Å²) in [5.74, 6) is -2.28. The van der Waals surface area contributed by atoms with Gasteiger partial charge in [-0.25, -0.2) is 15.2 Å². The van der Waals surface area contributed by atoms with Crippen molar-refractivity contribution in [2.24, 2.45) is 11.8 Å². The van der Waals surface area contributed by atoms with Gasteiger partial charge in [0.05, 0.1) is 23.0 Å². The van der Waals surface area contributed by atoms with Crippen LogP contribution in [0.2, 0.25) is 0 Å². The van der Waals surface area contributed by atoms with E-state index in [1.165, 1.54) is 24.3 Å². The van der Waals surface area contributed by atoms with E-state index in [-0.39, 0.29) is 35.7 Å². The molecule has 2 heterocycles. The van der Waals surface area contributed by atoms with Crippen molar-refractivity contribution < 1.29 is 19.2 Å². The summed E-state index contributed by atoms with van der Waals surface area (Å²) in [6.07, 6.45) is -0.0319. The summed E-state index contributed by atoms with van der Waals surface area (Å²) in [6, 6.07) is 11.6. The third kappa shape index (κ3) is 3.35. The number of hydrazine groups is 1. The van der Waals surface area contributed by atoms with Crippen LogP contribution in [0, 0.1) is 27.8 Å². The fourth-order valence-electron chi connectivity index (χ4n) is 4.21. The van der Waals surface area contributed by atoms with Crippen LogP contribution in [0.4, 0.5) is 10.1 Å². The van der Waals surface area contributed by atoms with Crippen molar-refractivity contribution in [3.8, 4) is 0 Å². The van der Waals surface area contributed by atoms with Gasteiger partial charge in [-0.2, -0.15) is 0 Å². The Labute approximate surface area is 159 Å². The Morgan fingerprint density at radius 1 is 1.14 bits per heavy atom. The highest BCUT2D eigenvalue weighted by Gasteiger charge is 2.49. The zero-order chi connectivity index (χ0) is 19.8. The van der Waals surface area contributed by atoms with Gasteiger partial charge in [0.2, 0.25) is 0 Å². The number of carboxylic acids is 1. The first-order chi connectivity index (χ1) is 13.4. The van der Waals surface area contributed by atoms with Crippen LogP contribution in [0.5, 0.6) is 0 Å². The van der Waals surface area contributed by atoms with Gasteiger partial charge >= 0.3 is 5.97 Å². The highest BCUT2D eigenvalue weighted by molar-refractivity contribution is 5.71. The number of carboxylic acid groups (broad SMARTS) is 1. The molecule has 2 saturated heterocycles. The lowest BCUT2D eigenvalue weighted by Crippen LogP contribution is -2.53. The Kier molecular flexibility index (Phi) is 4.80. The molecule has 2 fully saturated rings. The number of hydrogen-bond acceptors (Lipinski definition) is 6. The van der Waals surface area contributed by atoms with Crippen LogP contribution in [0.15, 0.2) is 48.5 Å². The quantitative estimate of drug-likeness (QED) is 0.470. The van der Waals surface area contributed by atoms with Crippen LogP contribution >= 0.6 is 0 Å². The molecule has 8 nitrogen and oxygen atoms in total. The average molecular weight is 386 g/mol. The van der Waals surface area contributed by atoms with Crippen molar-refractivity contribution in [2.45, 2.75) is 24.7 Å². The maximum atomic E-state index is 13.6. The fourth-order valence-corrected chi connectivity index (χ4v) is 4.21. The van der Waals surface area contributed by atoms with E-state index in [0.29, 0.717) is 12.0 Å². The van der Waals surface area contributed by atoms with Gasteiger partial charge in [-0.1, -0.05) is 24.3 Å². The Morgan fingerprint density at radius 3 is 2.54 bits per heavy atom. The molecular weight excluding hydrogens is 367 g/mol. The van der Waals surface area contributed by atoms with Crippen molar-refractivity contribution >= 4 is 11.7 Å². The third-order valence-electron chi connectivity index (χ3n) is 5.53. The first-order valence-electron chi connectivity index (χ1n) is 8.94. The molecule has 4 N–H and O–H groups in total. The second-order valence-electron chi connectivity index (χ2n) is 7.12. The van der Waals surface area contributed by atoms with E-state index in [9.17, 15) is 24.4 Å². The molecule has 0 spiro atoms. The molecule has 0 aromatic heterocycles. The summed E-state index contributed by atoms with van der Waals surface area (Å²) < 4.78 is 13.6. The number of nitrogens with one attached hydrogen (secondary N) is 3. The molecule has 5 unspecified atom stereocenters. The summed E-state index contributed by atoms with van der Waals surface area (Å²) in [5.41, 5.74) is 7.65. The molecular formula is C19H19FN4O4. The van der Waals surface area contributed by atoms with E-state index < -0.39 is 16.8 Å². The summed E-state index contributed by atoms with van der Waals surface area (Å²) in [4.78, 5) is 22.4. The number of non-ortho nitro benzene ring substituents is 1. The third-order valence-corrected chi connectivity index (χ3v) is 5.53. The lowest BCUT2D eigenvalue weighted by molar-refractivity contribution is -0.384. The molecule has 2 aliphatic rings. The zero-order valence-corrected chi connectivity index (χ0v) is 14.7. The SMILES string of the molecule is O=C(O)C1CC(c2cccc(F)c2)NC2NNC(c3ccc([N+](=O)[O-])cc3)C21. The van der Waals surface area contributed by atoms with E-state index in [4.69, 9.17) is 0 Å². The first-order valence-corrected chi connectivity index (χ1v) is 8.94. The number of halogens is 1. The predicted octanol–water partition coefficient (Wildman–Crippen LogP) is 2.26. The summed E-state index contributed by atoms with van der Waals surface area (Å²) >= 11 is 0. The Balaban J connectivity index is 1.61.